The predicted octanol–water partition coefficient (Wildman–Crippen LogP) is 4.15. The van der Waals surface area contributed by atoms with Gasteiger partial charge in [-0.2, -0.15) is 0 Å². The highest BCUT2D eigenvalue weighted by molar-refractivity contribution is 5.27. The van der Waals surface area contributed by atoms with E-state index in [4.69, 9.17) is 5.73 Å². The summed E-state index contributed by atoms with van der Waals surface area (Å²) >= 11 is 0. The van der Waals surface area contributed by atoms with E-state index in [0.29, 0.717) is 5.92 Å². The largest absolute Gasteiger partial charge is 0.325 e. The quantitative estimate of drug-likeness (QED) is 0.882. The molecule has 0 spiro atoms. The highest BCUT2D eigenvalue weighted by Crippen LogP contribution is 2.48. The first-order valence-corrected chi connectivity index (χ1v) is 8.46. The number of hydrogen-bond acceptors (Lipinski definition) is 2. The summed E-state index contributed by atoms with van der Waals surface area (Å²) in [7, 11) is 4.44. The molecule has 0 bridgehead atoms. The highest BCUT2D eigenvalue weighted by atomic mass is 15.2. The molecule has 1 aliphatic carbocycles. The third kappa shape index (κ3) is 3.17. The molecule has 3 unspecified atom stereocenters. The third-order valence-corrected chi connectivity index (χ3v) is 5.63. The molecule has 1 aromatic carbocycles. The van der Waals surface area contributed by atoms with Gasteiger partial charge in [0.15, 0.2) is 0 Å². The Morgan fingerprint density at radius 2 is 1.86 bits per heavy atom. The molecule has 1 aliphatic rings. The van der Waals surface area contributed by atoms with Crippen LogP contribution >= 0.6 is 0 Å². The summed E-state index contributed by atoms with van der Waals surface area (Å²) in [6.45, 7) is 4.64. The molecule has 21 heavy (non-hydrogen) atoms. The van der Waals surface area contributed by atoms with Crippen molar-refractivity contribution in [2.24, 2.45) is 11.7 Å². The smallest absolute Gasteiger partial charge is 0.0481 e. The van der Waals surface area contributed by atoms with Gasteiger partial charge >= 0.3 is 0 Å². The summed E-state index contributed by atoms with van der Waals surface area (Å²) in [5, 5.41) is 0. The van der Waals surface area contributed by atoms with Crippen molar-refractivity contribution in [1.82, 2.24) is 4.90 Å². The van der Waals surface area contributed by atoms with E-state index < -0.39 is 0 Å². The minimum atomic E-state index is 0.0454. The van der Waals surface area contributed by atoms with Crippen LogP contribution in [0.2, 0.25) is 0 Å². The number of hydrogen-bond donors (Lipinski definition) is 1. The van der Waals surface area contributed by atoms with Crippen LogP contribution in [0.15, 0.2) is 30.3 Å². The lowest BCUT2D eigenvalue weighted by molar-refractivity contribution is 0.0101. The second-order valence-corrected chi connectivity index (χ2v) is 7.26. The van der Waals surface area contributed by atoms with Crippen molar-refractivity contribution < 1.29 is 0 Å². The summed E-state index contributed by atoms with van der Waals surface area (Å²) in [6.07, 6.45) is 7.08. The maximum atomic E-state index is 6.72. The van der Waals surface area contributed by atoms with E-state index in [2.05, 4.69) is 63.2 Å². The number of benzene rings is 1. The molecule has 0 heterocycles. The summed E-state index contributed by atoms with van der Waals surface area (Å²) in [6, 6.07) is 11.0. The Morgan fingerprint density at radius 1 is 1.19 bits per heavy atom. The Morgan fingerprint density at radius 3 is 2.38 bits per heavy atom. The lowest BCUT2D eigenvalue weighted by atomic mass is 9.62. The molecule has 1 aromatic rings. The molecule has 2 N–H and O–H groups in total. The zero-order valence-electron chi connectivity index (χ0n) is 14.2. The van der Waals surface area contributed by atoms with Crippen molar-refractivity contribution >= 4 is 0 Å². The summed E-state index contributed by atoms with van der Waals surface area (Å²) in [5.41, 5.74) is 8.34. The van der Waals surface area contributed by atoms with E-state index >= 15 is 0 Å². The molecule has 0 aromatic heterocycles. The van der Waals surface area contributed by atoms with Crippen LogP contribution in [0.25, 0.3) is 0 Å². The summed E-state index contributed by atoms with van der Waals surface area (Å²) in [5.74, 6) is 0.575. The minimum absolute atomic E-state index is 0.0454. The van der Waals surface area contributed by atoms with Crippen LogP contribution in [0.1, 0.15) is 57.9 Å². The van der Waals surface area contributed by atoms with Crippen molar-refractivity contribution in [3.8, 4) is 0 Å². The zero-order chi connectivity index (χ0) is 15.5. The van der Waals surface area contributed by atoms with Crippen LogP contribution in [-0.2, 0) is 5.54 Å². The predicted molar refractivity (Wildman–Crippen MR) is 91.3 cm³/mol. The molecular weight excluding hydrogens is 256 g/mol. The normalized spacial score (nSPS) is 33.3. The number of unbranched alkanes of at least 4 members (excludes halogenated alkanes) is 1. The fraction of sp³-hybridized carbons (Fsp3) is 0.684. The maximum Gasteiger partial charge on any atom is 0.0481 e. The van der Waals surface area contributed by atoms with Crippen molar-refractivity contribution in [2.45, 2.75) is 63.5 Å². The molecule has 0 amide bonds. The Hall–Kier alpha value is -0.860. The van der Waals surface area contributed by atoms with Gasteiger partial charge in [-0.3, -0.25) is 4.90 Å². The fourth-order valence-corrected chi connectivity index (χ4v) is 4.40. The van der Waals surface area contributed by atoms with Crippen LogP contribution in [0.4, 0.5) is 0 Å². The molecule has 0 saturated heterocycles. The van der Waals surface area contributed by atoms with E-state index in [9.17, 15) is 0 Å². The van der Waals surface area contributed by atoms with Gasteiger partial charge in [0.1, 0.15) is 0 Å². The average Bonchev–Trinajstić information content (AvgIpc) is 2.46. The Labute approximate surface area is 130 Å². The summed E-state index contributed by atoms with van der Waals surface area (Å²) in [4.78, 5) is 2.42. The molecule has 1 saturated carbocycles. The Bertz CT molecular complexity index is 442. The van der Waals surface area contributed by atoms with Gasteiger partial charge in [0.2, 0.25) is 0 Å². The standard InChI is InChI=1S/C19H32N2/c1-5-6-12-18(20)13-14-19(21(3)4,16(2)15-18)17-10-8-7-9-11-17/h7-11,16H,5-6,12-15,20H2,1-4H3. The second-order valence-electron chi connectivity index (χ2n) is 7.26. The zero-order valence-corrected chi connectivity index (χ0v) is 14.2. The van der Waals surface area contributed by atoms with Crippen molar-refractivity contribution in [2.75, 3.05) is 14.1 Å². The van der Waals surface area contributed by atoms with Crippen molar-refractivity contribution in [1.29, 1.82) is 0 Å². The SMILES string of the molecule is CCCCC1(N)CCC(c2ccccc2)(N(C)C)C(C)C1. The number of nitrogens with two attached hydrogens (primary N) is 1. The lowest BCUT2D eigenvalue weighted by Gasteiger charge is -2.53. The van der Waals surface area contributed by atoms with E-state index in [0.717, 1.165) is 19.3 Å². The molecule has 0 radical (unpaired) electrons. The maximum absolute atomic E-state index is 6.72. The van der Waals surface area contributed by atoms with Crippen LogP contribution < -0.4 is 5.73 Å². The van der Waals surface area contributed by atoms with Crippen LogP contribution in [-0.4, -0.2) is 24.5 Å². The van der Waals surface area contributed by atoms with Gasteiger partial charge < -0.3 is 5.73 Å². The van der Waals surface area contributed by atoms with E-state index in [-0.39, 0.29) is 11.1 Å². The van der Waals surface area contributed by atoms with Gasteiger partial charge in [0, 0.05) is 11.1 Å². The molecule has 1 fully saturated rings. The van der Waals surface area contributed by atoms with Gasteiger partial charge in [-0.05, 0) is 51.3 Å². The molecule has 2 rings (SSSR count). The van der Waals surface area contributed by atoms with E-state index in [1.54, 1.807) is 0 Å². The number of nitrogens with zero attached hydrogens (tertiary/aromatic N) is 1. The van der Waals surface area contributed by atoms with Crippen LogP contribution in [0.3, 0.4) is 0 Å². The Kier molecular flexibility index (Phi) is 5.11. The third-order valence-electron chi connectivity index (χ3n) is 5.63. The van der Waals surface area contributed by atoms with Gasteiger partial charge in [0.25, 0.3) is 0 Å². The number of rotatable bonds is 5. The van der Waals surface area contributed by atoms with Gasteiger partial charge in [-0.1, -0.05) is 57.0 Å². The van der Waals surface area contributed by atoms with Crippen LogP contribution in [0, 0.1) is 5.92 Å². The molecule has 118 valence electrons. The van der Waals surface area contributed by atoms with Crippen molar-refractivity contribution in [3.05, 3.63) is 35.9 Å². The molecular formula is C19H32N2. The Balaban J connectivity index is 2.26. The highest BCUT2D eigenvalue weighted by Gasteiger charge is 2.47. The molecule has 2 nitrogen and oxygen atoms in total. The first kappa shape index (κ1) is 16.5. The van der Waals surface area contributed by atoms with Gasteiger partial charge in [-0.15, -0.1) is 0 Å². The van der Waals surface area contributed by atoms with Crippen molar-refractivity contribution in [3.63, 3.8) is 0 Å². The average molecular weight is 288 g/mol. The first-order valence-electron chi connectivity index (χ1n) is 8.46. The van der Waals surface area contributed by atoms with Gasteiger partial charge in [-0.25, -0.2) is 0 Å². The summed E-state index contributed by atoms with van der Waals surface area (Å²) < 4.78 is 0. The van der Waals surface area contributed by atoms with Crippen LogP contribution in [0.5, 0.6) is 0 Å². The molecule has 3 atom stereocenters. The van der Waals surface area contributed by atoms with E-state index in [1.165, 1.54) is 24.8 Å². The van der Waals surface area contributed by atoms with E-state index in [1.807, 2.05) is 0 Å². The minimum Gasteiger partial charge on any atom is -0.325 e. The molecule has 2 heteroatoms. The lowest BCUT2D eigenvalue weighted by Crippen LogP contribution is -2.57. The monoisotopic (exact) mass is 288 g/mol. The first-order chi connectivity index (χ1) is 9.94. The molecule has 0 aliphatic heterocycles. The second kappa shape index (κ2) is 6.50. The van der Waals surface area contributed by atoms with Gasteiger partial charge in [0.05, 0.1) is 0 Å². The topological polar surface area (TPSA) is 29.3 Å². The fourth-order valence-electron chi connectivity index (χ4n) is 4.40.